The van der Waals surface area contributed by atoms with Crippen molar-refractivity contribution in [2.24, 2.45) is 0 Å². The first-order chi connectivity index (χ1) is 7.16. The molecular weight excluding hydrogens is 194 g/mol. The van der Waals surface area contributed by atoms with E-state index in [0.29, 0.717) is 17.5 Å². The van der Waals surface area contributed by atoms with Gasteiger partial charge in [-0.05, 0) is 31.4 Å². The van der Waals surface area contributed by atoms with Gasteiger partial charge in [0.25, 0.3) is 0 Å². The van der Waals surface area contributed by atoms with Gasteiger partial charge in [0.15, 0.2) is 5.69 Å². The van der Waals surface area contributed by atoms with Crippen LogP contribution in [0.15, 0.2) is 12.1 Å². The minimum Gasteiger partial charge on any atom is -0.477 e. The first-order valence-electron chi connectivity index (χ1n) is 4.93. The molecule has 0 bridgehead atoms. The van der Waals surface area contributed by atoms with E-state index in [1.807, 2.05) is 0 Å². The molecule has 0 atom stereocenters. The van der Waals surface area contributed by atoms with Crippen molar-refractivity contribution in [3.8, 4) is 0 Å². The number of carboxylic acid groups (broad SMARTS) is 1. The number of aromatic nitrogens is 1. The number of pyridine rings is 1. The number of nitrogens with two attached hydrogens (primary N) is 1. The molecular formula is C10H13N3O2. The summed E-state index contributed by atoms with van der Waals surface area (Å²) in [6, 6.07) is 3.37. The van der Waals surface area contributed by atoms with Crippen LogP contribution in [0.3, 0.4) is 0 Å². The maximum Gasteiger partial charge on any atom is 0.354 e. The number of nitrogens with zero attached hydrogens (tertiary/aromatic N) is 1. The van der Waals surface area contributed by atoms with Crippen LogP contribution in [-0.4, -0.2) is 22.1 Å². The van der Waals surface area contributed by atoms with Crippen LogP contribution < -0.4 is 11.1 Å². The predicted molar refractivity (Wildman–Crippen MR) is 56.9 cm³/mol. The van der Waals surface area contributed by atoms with E-state index in [1.165, 1.54) is 12.5 Å². The molecule has 80 valence electrons. The Kier molecular flexibility index (Phi) is 2.45. The third-order valence-electron chi connectivity index (χ3n) is 2.59. The Labute approximate surface area is 87.3 Å². The van der Waals surface area contributed by atoms with Crippen molar-refractivity contribution in [1.29, 1.82) is 0 Å². The molecule has 0 radical (unpaired) electrons. The van der Waals surface area contributed by atoms with Crippen molar-refractivity contribution in [1.82, 2.24) is 4.98 Å². The number of aromatic carboxylic acids is 1. The molecule has 1 heterocycles. The third kappa shape index (κ3) is 2.01. The van der Waals surface area contributed by atoms with Crippen LogP contribution in [0.4, 0.5) is 11.5 Å². The molecule has 4 N–H and O–H groups in total. The highest BCUT2D eigenvalue weighted by Crippen LogP contribution is 2.25. The lowest BCUT2D eigenvalue weighted by Gasteiger charge is -2.27. The van der Waals surface area contributed by atoms with Gasteiger partial charge in [-0.3, -0.25) is 0 Å². The molecule has 1 saturated carbocycles. The second-order valence-electron chi connectivity index (χ2n) is 3.71. The summed E-state index contributed by atoms with van der Waals surface area (Å²) in [5, 5.41) is 11.9. The van der Waals surface area contributed by atoms with Gasteiger partial charge in [-0.2, -0.15) is 0 Å². The molecule has 5 heteroatoms. The van der Waals surface area contributed by atoms with Crippen molar-refractivity contribution < 1.29 is 9.90 Å². The van der Waals surface area contributed by atoms with Crippen LogP contribution in [0.2, 0.25) is 0 Å². The van der Waals surface area contributed by atoms with E-state index < -0.39 is 5.97 Å². The van der Waals surface area contributed by atoms with Gasteiger partial charge in [0, 0.05) is 6.04 Å². The van der Waals surface area contributed by atoms with E-state index in [1.54, 1.807) is 6.07 Å². The Bertz CT molecular complexity index is 388. The molecule has 1 aliphatic rings. The van der Waals surface area contributed by atoms with E-state index in [-0.39, 0.29) is 5.69 Å². The smallest absolute Gasteiger partial charge is 0.354 e. The number of hydrogen-bond acceptors (Lipinski definition) is 4. The Morgan fingerprint density at radius 1 is 1.53 bits per heavy atom. The number of hydrogen-bond donors (Lipinski definition) is 3. The van der Waals surface area contributed by atoms with Gasteiger partial charge in [0.2, 0.25) is 0 Å². The monoisotopic (exact) mass is 207 g/mol. The second kappa shape index (κ2) is 3.76. The van der Waals surface area contributed by atoms with Crippen LogP contribution in [0.25, 0.3) is 0 Å². The number of carboxylic acids is 1. The molecule has 0 amide bonds. The first kappa shape index (κ1) is 9.76. The fourth-order valence-corrected chi connectivity index (χ4v) is 1.45. The zero-order chi connectivity index (χ0) is 10.8. The van der Waals surface area contributed by atoms with E-state index >= 15 is 0 Å². The van der Waals surface area contributed by atoms with Crippen molar-refractivity contribution in [2.75, 3.05) is 11.1 Å². The van der Waals surface area contributed by atoms with Crippen LogP contribution >= 0.6 is 0 Å². The van der Waals surface area contributed by atoms with Crippen LogP contribution in [-0.2, 0) is 0 Å². The highest BCUT2D eigenvalue weighted by atomic mass is 16.4. The maximum absolute atomic E-state index is 10.7. The molecule has 15 heavy (non-hydrogen) atoms. The van der Waals surface area contributed by atoms with Crippen LogP contribution in [0.1, 0.15) is 29.8 Å². The molecule has 0 spiro atoms. The van der Waals surface area contributed by atoms with E-state index in [9.17, 15) is 4.79 Å². The predicted octanol–water partition coefficient (Wildman–Crippen LogP) is 1.33. The minimum atomic E-state index is -1.04. The average molecular weight is 207 g/mol. The maximum atomic E-state index is 10.7. The van der Waals surface area contributed by atoms with Gasteiger partial charge in [0.1, 0.15) is 5.82 Å². The summed E-state index contributed by atoms with van der Waals surface area (Å²) < 4.78 is 0. The van der Waals surface area contributed by atoms with E-state index in [4.69, 9.17) is 10.8 Å². The molecule has 1 aromatic rings. The van der Waals surface area contributed by atoms with Crippen molar-refractivity contribution in [3.05, 3.63) is 17.8 Å². The average Bonchev–Trinajstić information content (AvgIpc) is 2.13. The zero-order valence-electron chi connectivity index (χ0n) is 8.23. The fourth-order valence-electron chi connectivity index (χ4n) is 1.45. The second-order valence-corrected chi connectivity index (χ2v) is 3.71. The van der Waals surface area contributed by atoms with Gasteiger partial charge in [-0.25, -0.2) is 9.78 Å². The third-order valence-corrected chi connectivity index (χ3v) is 2.59. The van der Waals surface area contributed by atoms with Crippen molar-refractivity contribution in [3.63, 3.8) is 0 Å². The highest BCUT2D eigenvalue weighted by Gasteiger charge is 2.19. The lowest BCUT2D eigenvalue weighted by Crippen LogP contribution is -2.28. The Morgan fingerprint density at radius 2 is 2.27 bits per heavy atom. The number of carbonyl (C=O) groups is 1. The number of nitrogens with one attached hydrogen (secondary N) is 1. The zero-order valence-corrected chi connectivity index (χ0v) is 8.23. The number of nitrogen functional groups attached to an aromatic ring is 1. The molecule has 1 fully saturated rings. The molecule has 2 rings (SSSR count). The lowest BCUT2D eigenvalue weighted by atomic mass is 9.93. The molecule has 0 aliphatic heterocycles. The molecule has 1 aliphatic carbocycles. The van der Waals surface area contributed by atoms with Gasteiger partial charge in [-0.1, -0.05) is 0 Å². The summed E-state index contributed by atoms with van der Waals surface area (Å²) in [5.41, 5.74) is 6.21. The summed E-state index contributed by atoms with van der Waals surface area (Å²) in [4.78, 5) is 14.7. The normalized spacial score (nSPS) is 15.7. The topological polar surface area (TPSA) is 88.2 Å². The Balaban J connectivity index is 2.19. The molecule has 0 unspecified atom stereocenters. The van der Waals surface area contributed by atoms with Gasteiger partial charge < -0.3 is 16.2 Å². The summed E-state index contributed by atoms with van der Waals surface area (Å²) in [5.74, 6) is -0.550. The van der Waals surface area contributed by atoms with Crippen molar-refractivity contribution in [2.45, 2.75) is 25.3 Å². The SMILES string of the molecule is Nc1ccc(C(=O)O)nc1NC1CCC1. The summed E-state index contributed by atoms with van der Waals surface area (Å²) in [6.45, 7) is 0. The van der Waals surface area contributed by atoms with Crippen LogP contribution in [0, 0.1) is 0 Å². The van der Waals surface area contributed by atoms with Gasteiger partial charge in [0.05, 0.1) is 5.69 Å². The Hall–Kier alpha value is -1.78. The van der Waals surface area contributed by atoms with Crippen molar-refractivity contribution >= 4 is 17.5 Å². The van der Waals surface area contributed by atoms with Crippen LogP contribution in [0.5, 0.6) is 0 Å². The number of anilines is 2. The molecule has 0 saturated heterocycles. The Morgan fingerprint density at radius 3 is 2.80 bits per heavy atom. The van der Waals surface area contributed by atoms with E-state index in [2.05, 4.69) is 10.3 Å². The first-order valence-corrected chi connectivity index (χ1v) is 4.93. The van der Waals surface area contributed by atoms with Gasteiger partial charge in [-0.15, -0.1) is 0 Å². The molecule has 5 nitrogen and oxygen atoms in total. The minimum absolute atomic E-state index is 0.0195. The highest BCUT2D eigenvalue weighted by molar-refractivity contribution is 5.86. The van der Waals surface area contributed by atoms with Gasteiger partial charge >= 0.3 is 5.97 Å². The summed E-state index contributed by atoms with van der Waals surface area (Å²) >= 11 is 0. The quantitative estimate of drug-likeness (QED) is 0.695. The number of rotatable bonds is 3. The standard InChI is InChI=1S/C10H13N3O2/c11-7-4-5-8(10(14)15)13-9(7)12-6-2-1-3-6/h4-6H,1-3,11H2,(H,12,13)(H,14,15). The summed E-state index contributed by atoms with van der Waals surface area (Å²) in [7, 11) is 0. The summed E-state index contributed by atoms with van der Waals surface area (Å²) in [6.07, 6.45) is 3.40. The lowest BCUT2D eigenvalue weighted by molar-refractivity contribution is 0.0690. The molecule has 1 aromatic heterocycles. The van der Waals surface area contributed by atoms with E-state index in [0.717, 1.165) is 12.8 Å². The fraction of sp³-hybridized carbons (Fsp3) is 0.400. The largest absolute Gasteiger partial charge is 0.477 e. The molecule has 0 aromatic carbocycles.